The average molecular weight is 264 g/mol. The molecule has 1 fully saturated rings. The Hall–Kier alpha value is -1.62. The highest BCUT2D eigenvalue weighted by Gasteiger charge is 2.32. The number of aromatic nitrogens is 1. The van der Waals surface area contributed by atoms with Gasteiger partial charge >= 0.3 is 0 Å². The summed E-state index contributed by atoms with van der Waals surface area (Å²) in [6.45, 7) is 5.35. The monoisotopic (exact) mass is 264 g/mol. The van der Waals surface area contributed by atoms with E-state index in [4.69, 9.17) is 5.11 Å². The normalized spacial score (nSPS) is 14.5. The zero-order valence-corrected chi connectivity index (χ0v) is 11.6. The summed E-state index contributed by atoms with van der Waals surface area (Å²) in [5, 5.41) is 11.4. The van der Waals surface area contributed by atoms with Crippen LogP contribution in [0.5, 0.6) is 0 Å². The number of hydrogen-bond acceptors (Lipinski definition) is 3. The number of aliphatic hydroxyl groups is 1. The molecular formula is C14H20N2O3. The van der Waals surface area contributed by atoms with Crippen molar-refractivity contribution in [3.63, 3.8) is 0 Å². The summed E-state index contributed by atoms with van der Waals surface area (Å²) >= 11 is 0. The van der Waals surface area contributed by atoms with Crippen molar-refractivity contribution in [2.24, 2.45) is 0 Å². The fourth-order valence-corrected chi connectivity index (χ4v) is 2.70. The highest BCUT2D eigenvalue weighted by molar-refractivity contribution is 6.09. The minimum absolute atomic E-state index is 0.0888. The molecule has 1 aromatic heterocycles. The van der Waals surface area contributed by atoms with Crippen LogP contribution in [0.3, 0.4) is 0 Å². The van der Waals surface area contributed by atoms with Crippen molar-refractivity contribution >= 4 is 11.7 Å². The number of rotatable bonds is 5. The molecule has 0 unspecified atom stereocenters. The minimum Gasteiger partial charge on any atom is -0.395 e. The van der Waals surface area contributed by atoms with Crippen molar-refractivity contribution in [2.75, 3.05) is 13.2 Å². The van der Waals surface area contributed by atoms with Crippen molar-refractivity contribution in [1.29, 1.82) is 0 Å². The Balaban J connectivity index is 2.48. The van der Waals surface area contributed by atoms with Gasteiger partial charge in [-0.05, 0) is 33.6 Å². The van der Waals surface area contributed by atoms with Crippen molar-refractivity contribution in [2.45, 2.75) is 39.7 Å². The van der Waals surface area contributed by atoms with Gasteiger partial charge in [-0.3, -0.25) is 9.59 Å². The summed E-state index contributed by atoms with van der Waals surface area (Å²) in [5.41, 5.74) is 2.70. The van der Waals surface area contributed by atoms with E-state index in [1.165, 1.54) is 6.92 Å². The van der Waals surface area contributed by atoms with Crippen LogP contribution in [0.1, 0.15) is 57.9 Å². The molecule has 2 rings (SSSR count). The van der Waals surface area contributed by atoms with E-state index in [9.17, 15) is 9.59 Å². The van der Waals surface area contributed by atoms with Crippen LogP contribution >= 0.6 is 0 Å². The number of amides is 1. The smallest absolute Gasteiger partial charge is 0.253 e. The average Bonchev–Trinajstić information content (AvgIpc) is 3.12. The fourth-order valence-electron chi connectivity index (χ4n) is 2.70. The van der Waals surface area contributed by atoms with Crippen molar-refractivity contribution in [3.8, 4) is 0 Å². The fraction of sp³-hybridized carbons (Fsp3) is 0.571. The summed E-state index contributed by atoms with van der Waals surface area (Å²) in [5.74, 6) is -0.367. The van der Waals surface area contributed by atoms with Crippen LogP contribution in [0.2, 0.25) is 0 Å². The molecule has 104 valence electrons. The van der Waals surface area contributed by atoms with Crippen molar-refractivity contribution in [3.05, 3.63) is 22.5 Å². The molecule has 1 aliphatic rings. The van der Waals surface area contributed by atoms with Gasteiger partial charge < -0.3 is 15.0 Å². The Morgan fingerprint density at radius 1 is 1.26 bits per heavy atom. The second kappa shape index (κ2) is 5.17. The van der Waals surface area contributed by atoms with E-state index in [0.29, 0.717) is 17.2 Å². The van der Waals surface area contributed by atoms with Crippen LogP contribution in [0.15, 0.2) is 0 Å². The summed E-state index contributed by atoms with van der Waals surface area (Å²) < 4.78 is 2.10. The molecule has 0 spiro atoms. The van der Waals surface area contributed by atoms with E-state index < -0.39 is 0 Å². The quantitative estimate of drug-likeness (QED) is 0.789. The lowest BCUT2D eigenvalue weighted by molar-refractivity contribution is 0.0931. The van der Waals surface area contributed by atoms with Crippen LogP contribution < -0.4 is 5.32 Å². The van der Waals surface area contributed by atoms with Crippen LogP contribution in [0.4, 0.5) is 0 Å². The van der Waals surface area contributed by atoms with Crippen LogP contribution in [-0.2, 0) is 0 Å². The molecular weight excluding hydrogens is 244 g/mol. The number of aliphatic hydroxyl groups excluding tert-OH is 1. The predicted molar refractivity (Wildman–Crippen MR) is 71.6 cm³/mol. The SMILES string of the molecule is CC(=O)c1c(C(=O)NCCO)c(C)n(C2CC2)c1C. The van der Waals surface area contributed by atoms with Gasteiger partial charge in [0.05, 0.1) is 17.7 Å². The molecule has 0 atom stereocenters. The number of nitrogens with one attached hydrogen (secondary N) is 1. The maximum absolute atomic E-state index is 12.2. The maximum Gasteiger partial charge on any atom is 0.253 e. The second-order valence-electron chi connectivity index (χ2n) is 5.06. The number of nitrogens with zero attached hydrogens (tertiary/aromatic N) is 1. The molecule has 1 amide bonds. The molecule has 0 aliphatic heterocycles. The van der Waals surface area contributed by atoms with Gasteiger partial charge in [0.2, 0.25) is 0 Å². The topological polar surface area (TPSA) is 71.3 Å². The van der Waals surface area contributed by atoms with E-state index in [1.807, 2.05) is 13.8 Å². The molecule has 1 heterocycles. The van der Waals surface area contributed by atoms with Crippen LogP contribution in [0.25, 0.3) is 0 Å². The first-order chi connectivity index (χ1) is 8.99. The van der Waals surface area contributed by atoms with Crippen molar-refractivity contribution in [1.82, 2.24) is 9.88 Å². The molecule has 0 bridgehead atoms. The number of carbonyl (C=O) groups excluding carboxylic acids is 2. The summed E-state index contributed by atoms with van der Waals surface area (Å²) in [6.07, 6.45) is 2.21. The Morgan fingerprint density at radius 3 is 2.32 bits per heavy atom. The lowest BCUT2D eigenvalue weighted by atomic mass is 10.1. The zero-order valence-electron chi connectivity index (χ0n) is 11.6. The van der Waals surface area contributed by atoms with Gasteiger partial charge in [0.1, 0.15) is 0 Å². The molecule has 1 saturated carbocycles. The Bertz CT molecular complexity index is 527. The largest absolute Gasteiger partial charge is 0.395 e. The van der Waals surface area contributed by atoms with Gasteiger partial charge in [-0.2, -0.15) is 0 Å². The Labute approximate surface area is 112 Å². The number of Topliss-reactive ketones (excluding diaryl/α,β-unsaturated/α-hetero) is 1. The van der Waals surface area contributed by atoms with E-state index in [2.05, 4.69) is 9.88 Å². The van der Waals surface area contributed by atoms with Gasteiger partial charge in [-0.1, -0.05) is 0 Å². The van der Waals surface area contributed by atoms with E-state index >= 15 is 0 Å². The number of carbonyl (C=O) groups is 2. The van der Waals surface area contributed by atoms with Gasteiger partial charge in [0, 0.05) is 24.0 Å². The van der Waals surface area contributed by atoms with E-state index in [0.717, 1.165) is 24.2 Å². The predicted octanol–water partition coefficient (Wildman–Crippen LogP) is 1.36. The molecule has 5 heteroatoms. The highest BCUT2D eigenvalue weighted by Crippen LogP contribution is 2.40. The molecule has 0 saturated heterocycles. The van der Waals surface area contributed by atoms with Crippen molar-refractivity contribution < 1.29 is 14.7 Å². The first kappa shape index (κ1) is 13.8. The molecule has 1 aliphatic carbocycles. The van der Waals surface area contributed by atoms with Crippen LogP contribution in [0, 0.1) is 13.8 Å². The van der Waals surface area contributed by atoms with Gasteiger partial charge in [0.25, 0.3) is 5.91 Å². The van der Waals surface area contributed by atoms with Gasteiger partial charge in [-0.25, -0.2) is 0 Å². The molecule has 2 N–H and O–H groups in total. The van der Waals surface area contributed by atoms with Gasteiger partial charge in [0.15, 0.2) is 5.78 Å². The van der Waals surface area contributed by atoms with Crippen LogP contribution in [-0.4, -0.2) is 34.5 Å². The lowest BCUT2D eigenvalue weighted by Crippen LogP contribution is -2.28. The zero-order chi connectivity index (χ0) is 14.2. The molecule has 0 aromatic carbocycles. The number of ketones is 1. The third-order valence-corrected chi connectivity index (χ3v) is 3.58. The Morgan fingerprint density at radius 2 is 1.84 bits per heavy atom. The lowest BCUT2D eigenvalue weighted by Gasteiger charge is -2.07. The summed E-state index contributed by atoms with van der Waals surface area (Å²) in [7, 11) is 0. The summed E-state index contributed by atoms with van der Waals surface area (Å²) in [6, 6.07) is 0.428. The molecule has 19 heavy (non-hydrogen) atoms. The standard InChI is InChI=1S/C14H20N2O3/c1-8-12(10(3)18)13(14(19)15-6-7-17)9(2)16(8)11-4-5-11/h11,17H,4-7H2,1-3H3,(H,15,19). The molecule has 0 radical (unpaired) electrons. The third-order valence-electron chi connectivity index (χ3n) is 3.58. The minimum atomic E-state index is -0.278. The first-order valence-corrected chi connectivity index (χ1v) is 6.60. The first-order valence-electron chi connectivity index (χ1n) is 6.60. The molecule has 5 nitrogen and oxygen atoms in total. The highest BCUT2D eigenvalue weighted by atomic mass is 16.3. The second-order valence-corrected chi connectivity index (χ2v) is 5.06. The number of hydrogen-bond donors (Lipinski definition) is 2. The maximum atomic E-state index is 12.2. The van der Waals surface area contributed by atoms with E-state index in [-0.39, 0.29) is 24.8 Å². The van der Waals surface area contributed by atoms with Gasteiger partial charge in [-0.15, -0.1) is 0 Å². The third kappa shape index (κ3) is 2.42. The summed E-state index contributed by atoms with van der Waals surface area (Å²) in [4.78, 5) is 24.0. The van der Waals surface area contributed by atoms with E-state index in [1.54, 1.807) is 0 Å². The molecule has 1 aromatic rings. The Kier molecular flexibility index (Phi) is 3.75.